The Hall–Kier alpha value is -2.85. The van der Waals surface area contributed by atoms with Crippen LogP contribution in [-0.4, -0.2) is 24.3 Å². The summed E-state index contributed by atoms with van der Waals surface area (Å²) >= 11 is 7.32. The average molecular weight is 473 g/mol. The van der Waals surface area contributed by atoms with Crippen LogP contribution in [0.4, 0.5) is 5.69 Å². The minimum Gasteiger partial charge on any atom is -0.333 e. The molecule has 1 atom stereocenters. The molecule has 0 saturated carbocycles. The molecule has 4 N–H and O–H groups in total. The van der Waals surface area contributed by atoms with Gasteiger partial charge in [-0.1, -0.05) is 53.7 Å². The Morgan fingerprint density at radius 3 is 2.45 bits per heavy atom. The molecule has 158 valence electrons. The van der Waals surface area contributed by atoms with Gasteiger partial charge in [0.1, 0.15) is 5.25 Å². The van der Waals surface area contributed by atoms with Crippen molar-refractivity contribution in [3.05, 3.63) is 83.4 Å². The first-order valence-electron chi connectivity index (χ1n) is 9.10. The second-order valence-electron chi connectivity index (χ2n) is 6.67. The number of nitrogens with zero attached hydrogens (tertiary/aromatic N) is 1. The van der Waals surface area contributed by atoms with Crippen LogP contribution in [0.15, 0.2) is 82.8 Å². The fourth-order valence-electron chi connectivity index (χ4n) is 2.96. The van der Waals surface area contributed by atoms with Gasteiger partial charge < -0.3 is 10.3 Å². The van der Waals surface area contributed by atoms with E-state index >= 15 is 0 Å². The predicted octanol–water partition coefficient (Wildman–Crippen LogP) is 4.34. The van der Waals surface area contributed by atoms with Gasteiger partial charge in [0.2, 0.25) is 15.9 Å². The summed E-state index contributed by atoms with van der Waals surface area (Å²) in [7, 11) is -3.80. The molecule has 31 heavy (non-hydrogen) atoms. The number of nitrogens with two attached hydrogens (primary N) is 1. The van der Waals surface area contributed by atoms with E-state index in [9.17, 15) is 13.2 Å². The lowest BCUT2D eigenvalue weighted by molar-refractivity contribution is -0.115. The van der Waals surface area contributed by atoms with Gasteiger partial charge in [-0.05, 0) is 48.0 Å². The Kier molecular flexibility index (Phi) is 6.01. The maximum atomic E-state index is 13.1. The van der Waals surface area contributed by atoms with Crippen molar-refractivity contribution in [2.75, 3.05) is 5.32 Å². The highest BCUT2D eigenvalue weighted by Gasteiger charge is 2.24. The number of aromatic nitrogens is 2. The SMILES string of the molecule is NS(=O)(=O)c1ccc(NC(=O)[C@H](Sc2nc3ccc(Cl)cc3[nH]2)c2ccccc2)cc1. The molecule has 1 amide bonds. The summed E-state index contributed by atoms with van der Waals surface area (Å²) in [5, 5.41) is 8.51. The van der Waals surface area contributed by atoms with E-state index in [4.69, 9.17) is 16.7 Å². The number of hydrogen-bond donors (Lipinski definition) is 3. The van der Waals surface area contributed by atoms with Crippen LogP contribution in [0, 0.1) is 0 Å². The fraction of sp³-hybridized carbons (Fsp3) is 0.0476. The molecule has 0 aliphatic carbocycles. The summed E-state index contributed by atoms with van der Waals surface area (Å²) in [6.07, 6.45) is 0. The van der Waals surface area contributed by atoms with Crippen LogP contribution in [0.5, 0.6) is 0 Å². The molecule has 0 saturated heterocycles. The number of anilines is 1. The quantitative estimate of drug-likeness (QED) is 0.361. The molecular weight excluding hydrogens is 456 g/mol. The van der Waals surface area contributed by atoms with Gasteiger partial charge in [0.05, 0.1) is 15.9 Å². The first kappa shape index (κ1) is 21.4. The third-order valence-electron chi connectivity index (χ3n) is 4.44. The highest BCUT2D eigenvalue weighted by molar-refractivity contribution is 8.00. The van der Waals surface area contributed by atoms with Gasteiger partial charge in [-0.25, -0.2) is 18.5 Å². The summed E-state index contributed by atoms with van der Waals surface area (Å²) in [6.45, 7) is 0. The van der Waals surface area contributed by atoms with Crippen LogP contribution < -0.4 is 10.5 Å². The van der Waals surface area contributed by atoms with Gasteiger partial charge in [-0.2, -0.15) is 0 Å². The zero-order valence-corrected chi connectivity index (χ0v) is 18.3. The molecule has 0 aliphatic heterocycles. The standard InChI is InChI=1S/C21H17ClN4O3S2/c22-14-6-11-17-18(12-14)26-21(25-17)30-19(13-4-2-1-3-5-13)20(27)24-15-7-9-16(10-8-15)31(23,28)29/h1-12,19H,(H,24,27)(H,25,26)(H2,23,28,29)/t19-/m1/s1. The fourth-order valence-corrected chi connectivity index (χ4v) is 4.65. The molecule has 0 aliphatic rings. The number of imidazole rings is 1. The number of rotatable bonds is 6. The number of sulfonamides is 1. The largest absolute Gasteiger partial charge is 0.333 e. The Balaban J connectivity index is 1.60. The number of H-pyrrole nitrogens is 1. The summed E-state index contributed by atoms with van der Waals surface area (Å²) < 4.78 is 22.9. The smallest absolute Gasteiger partial charge is 0.242 e. The number of primary sulfonamides is 1. The van der Waals surface area contributed by atoms with Crippen LogP contribution in [-0.2, 0) is 14.8 Å². The number of halogens is 1. The number of aromatic amines is 1. The number of thioether (sulfide) groups is 1. The van der Waals surface area contributed by atoms with Crippen LogP contribution in [0.3, 0.4) is 0 Å². The first-order chi connectivity index (χ1) is 14.8. The lowest BCUT2D eigenvalue weighted by Crippen LogP contribution is -2.19. The zero-order chi connectivity index (χ0) is 22.0. The van der Waals surface area contributed by atoms with E-state index in [1.807, 2.05) is 36.4 Å². The van der Waals surface area contributed by atoms with Crippen molar-refractivity contribution in [2.24, 2.45) is 5.14 Å². The molecule has 3 aromatic carbocycles. The second-order valence-corrected chi connectivity index (χ2v) is 9.76. The zero-order valence-electron chi connectivity index (χ0n) is 15.9. The van der Waals surface area contributed by atoms with Crippen LogP contribution in [0.2, 0.25) is 5.02 Å². The lowest BCUT2D eigenvalue weighted by Gasteiger charge is -2.16. The number of carbonyl (C=O) groups is 1. The predicted molar refractivity (Wildman–Crippen MR) is 123 cm³/mol. The highest BCUT2D eigenvalue weighted by Crippen LogP contribution is 2.36. The third kappa shape index (κ3) is 5.08. The van der Waals surface area contributed by atoms with Gasteiger partial charge in [0.25, 0.3) is 0 Å². The molecule has 10 heteroatoms. The van der Waals surface area contributed by atoms with Crippen molar-refractivity contribution in [2.45, 2.75) is 15.3 Å². The molecule has 7 nitrogen and oxygen atoms in total. The number of hydrogen-bond acceptors (Lipinski definition) is 5. The van der Waals surface area contributed by atoms with E-state index in [1.54, 1.807) is 12.1 Å². The Morgan fingerprint density at radius 1 is 1.06 bits per heavy atom. The third-order valence-corrected chi connectivity index (χ3v) is 6.75. The van der Waals surface area contributed by atoms with Crippen molar-refractivity contribution in [3.8, 4) is 0 Å². The molecule has 0 bridgehead atoms. The molecule has 1 aromatic heterocycles. The first-order valence-corrected chi connectivity index (χ1v) is 11.9. The van der Waals surface area contributed by atoms with Gasteiger partial charge in [0.15, 0.2) is 5.16 Å². The van der Waals surface area contributed by atoms with Gasteiger partial charge in [0, 0.05) is 10.7 Å². The van der Waals surface area contributed by atoms with Gasteiger partial charge in [-0.15, -0.1) is 0 Å². The molecule has 0 fully saturated rings. The topological polar surface area (TPSA) is 118 Å². The normalized spacial score (nSPS) is 12.6. The maximum Gasteiger partial charge on any atom is 0.242 e. The minimum absolute atomic E-state index is 0.0274. The molecule has 1 heterocycles. The highest BCUT2D eigenvalue weighted by atomic mass is 35.5. The van der Waals surface area contributed by atoms with Gasteiger partial charge in [-0.3, -0.25) is 4.79 Å². The minimum atomic E-state index is -3.80. The summed E-state index contributed by atoms with van der Waals surface area (Å²) in [4.78, 5) is 20.8. The number of amides is 1. The van der Waals surface area contributed by atoms with Crippen LogP contribution >= 0.6 is 23.4 Å². The molecule has 0 radical (unpaired) electrons. The Morgan fingerprint density at radius 2 is 1.77 bits per heavy atom. The summed E-state index contributed by atoms with van der Waals surface area (Å²) in [5.74, 6) is -0.280. The van der Waals surface area contributed by atoms with E-state index in [-0.39, 0.29) is 10.8 Å². The van der Waals surface area contributed by atoms with E-state index in [0.29, 0.717) is 15.9 Å². The molecular formula is C21H17ClN4O3S2. The number of nitrogens with one attached hydrogen (secondary N) is 2. The monoisotopic (exact) mass is 472 g/mol. The van der Waals surface area contributed by atoms with Crippen LogP contribution in [0.1, 0.15) is 10.8 Å². The van der Waals surface area contributed by atoms with Crippen molar-refractivity contribution >= 4 is 56.0 Å². The number of benzene rings is 3. The van der Waals surface area contributed by atoms with Crippen molar-refractivity contribution in [3.63, 3.8) is 0 Å². The number of fused-ring (bicyclic) bond motifs is 1. The van der Waals surface area contributed by atoms with E-state index in [2.05, 4.69) is 15.3 Å². The van der Waals surface area contributed by atoms with Gasteiger partial charge >= 0.3 is 0 Å². The van der Waals surface area contributed by atoms with Crippen molar-refractivity contribution in [1.82, 2.24) is 9.97 Å². The van der Waals surface area contributed by atoms with Crippen molar-refractivity contribution < 1.29 is 13.2 Å². The van der Waals surface area contributed by atoms with Crippen molar-refractivity contribution in [1.29, 1.82) is 0 Å². The molecule has 0 spiro atoms. The summed E-state index contributed by atoms with van der Waals surface area (Å²) in [6, 6.07) is 20.3. The average Bonchev–Trinajstić information content (AvgIpc) is 3.14. The van der Waals surface area contributed by atoms with E-state index < -0.39 is 15.3 Å². The Bertz CT molecular complexity index is 1340. The lowest BCUT2D eigenvalue weighted by atomic mass is 10.1. The molecule has 0 unspecified atom stereocenters. The van der Waals surface area contributed by atoms with Crippen LogP contribution in [0.25, 0.3) is 11.0 Å². The summed E-state index contributed by atoms with van der Waals surface area (Å²) in [5.41, 5.74) is 2.78. The Labute approximate surface area is 188 Å². The number of carbonyl (C=O) groups excluding carboxylic acids is 1. The van der Waals surface area contributed by atoms with E-state index in [1.165, 1.54) is 36.0 Å². The van der Waals surface area contributed by atoms with E-state index in [0.717, 1.165) is 16.6 Å². The maximum absolute atomic E-state index is 13.1. The molecule has 4 rings (SSSR count). The second kappa shape index (κ2) is 8.72. The molecule has 4 aromatic rings.